The lowest BCUT2D eigenvalue weighted by Gasteiger charge is -2.08. The summed E-state index contributed by atoms with van der Waals surface area (Å²) in [5, 5.41) is 26.6. The summed E-state index contributed by atoms with van der Waals surface area (Å²) in [5.41, 5.74) is 0.975. The summed E-state index contributed by atoms with van der Waals surface area (Å²) in [4.78, 5) is 11.6. The zero-order chi connectivity index (χ0) is 12.1. The number of benzene rings is 1. The quantitative estimate of drug-likeness (QED) is 0.675. The highest BCUT2D eigenvalue weighted by Gasteiger charge is 2.08. The molecule has 5 heteroatoms. The number of aromatic carboxylic acids is 1. The molecular weight excluding hydrogens is 228 g/mol. The molecule has 1 aromatic rings. The van der Waals surface area contributed by atoms with Gasteiger partial charge in [0.1, 0.15) is 0 Å². The second-order valence-electron chi connectivity index (χ2n) is 3.43. The molecule has 16 heavy (non-hydrogen) atoms. The molecule has 0 radical (unpaired) electrons. The molecule has 88 valence electrons. The molecule has 1 atom stereocenters. The van der Waals surface area contributed by atoms with Crippen molar-refractivity contribution in [2.45, 2.75) is 17.9 Å². The molecule has 4 nitrogen and oxygen atoms in total. The number of rotatable bonds is 5. The van der Waals surface area contributed by atoms with Crippen molar-refractivity contribution in [3.05, 3.63) is 29.3 Å². The van der Waals surface area contributed by atoms with Crippen LogP contribution >= 0.6 is 11.8 Å². The average molecular weight is 242 g/mol. The molecule has 0 aliphatic carbocycles. The van der Waals surface area contributed by atoms with Crippen LogP contribution in [0.15, 0.2) is 23.1 Å². The lowest BCUT2D eigenvalue weighted by Crippen LogP contribution is -2.14. The first-order chi connectivity index (χ1) is 7.54. The first kappa shape index (κ1) is 13.0. The Hall–Kier alpha value is -1.04. The van der Waals surface area contributed by atoms with Crippen LogP contribution in [0.1, 0.15) is 15.9 Å². The largest absolute Gasteiger partial charge is 0.478 e. The summed E-state index contributed by atoms with van der Waals surface area (Å²) in [7, 11) is 0. The second kappa shape index (κ2) is 5.89. The predicted molar refractivity (Wildman–Crippen MR) is 62.0 cm³/mol. The van der Waals surface area contributed by atoms with E-state index in [1.807, 2.05) is 0 Å². The van der Waals surface area contributed by atoms with Gasteiger partial charge in [-0.1, -0.05) is 0 Å². The molecule has 0 heterocycles. The van der Waals surface area contributed by atoms with Gasteiger partial charge in [-0.25, -0.2) is 4.79 Å². The second-order valence-corrected chi connectivity index (χ2v) is 4.52. The van der Waals surface area contributed by atoms with Gasteiger partial charge in [-0.2, -0.15) is 0 Å². The SMILES string of the molecule is Cc1cc(SCC(O)CO)ccc1C(=O)O. The number of carboxylic acids is 1. The van der Waals surface area contributed by atoms with E-state index in [2.05, 4.69) is 0 Å². The molecule has 0 saturated carbocycles. The minimum atomic E-state index is -0.940. The maximum Gasteiger partial charge on any atom is 0.335 e. The van der Waals surface area contributed by atoms with Gasteiger partial charge < -0.3 is 15.3 Å². The maximum atomic E-state index is 10.8. The van der Waals surface area contributed by atoms with E-state index < -0.39 is 12.1 Å². The van der Waals surface area contributed by atoms with Crippen molar-refractivity contribution < 1.29 is 20.1 Å². The van der Waals surface area contributed by atoms with Crippen LogP contribution < -0.4 is 0 Å². The minimum absolute atomic E-state index is 0.265. The summed E-state index contributed by atoms with van der Waals surface area (Å²) in [5.74, 6) is -0.549. The predicted octanol–water partition coefficient (Wildman–Crippen LogP) is 1.14. The third-order valence-corrected chi connectivity index (χ3v) is 3.22. The number of hydrogen-bond donors (Lipinski definition) is 3. The molecule has 1 unspecified atom stereocenters. The lowest BCUT2D eigenvalue weighted by molar-refractivity contribution is 0.0696. The van der Waals surface area contributed by atoms with Gasteiger partial charge in [-0.3, -0.25) is 0 Å². The van der Waals surface area contributed by atoms with Crippen molar-refractivity contribution in [3.8, 4) is 0 Å². The van der Waals surface area contributed by atoms with Crippen LogP contribution in [0.3, 0.4) is 0 Å². The zero-order valence-electron chi connectivity index (χ0n) is 8.88. The molecular formula is C11H14O4S. The Morgan fingerprint density at radius 1 is 1.50 bits per heavy atom. The van der Waals surface area contributed by atoms with E-state index in [0.717, 1.165) is 4.90 Å². The number of hydrogen-bond acceptors (Lipinski definition) is 4. The van der Waals surface area contributed by atoms with Gasteiger partial charge in [0, 0.05) is 10.6 Å². The monoisotopic (exact) mass is 242 g/mol. The van der Waals surface area contributed by atoms with E-state index in [1.165, 1.54) is 11.8 Å². The molecule has 3 N–H and O–H groups in total. The van der Waals surface area contributed by atoms with E-state index in [9.17, 15) is 4.79 Å². The third kappa shape index (κ3) is 3.52. The van der Waals surface area contributed by atoms with Gasteiger partial charge in [0.25, 0.3) is 0 Å². The van der Waals surface area contributed by atoms with Crippen molar-refractivity contribution in [1.82, 2.24) is 0 Å². The van der Waals surface area contributed by atoms with Crippen LogP contribution in [-0.4, -0.2) is 39.8 Å². The summed E-state index contributed by atoms with van der Waals surface area (Å²) < 4.78 is 0. The van der Waals surface area contributed by atoms with Crippen LogP contribution in [0, 0.1) is 6.92 Å². The van der Waals surface area contributed by atoms with Crippen LogP contribution in [0.25, 0.3) is 0 Å². The molecule has 0 aromatic heterocycles. The normalized spacial score (nSPS) is 12.4. The van der Waals surface area contributed by atoms with E-state index in [4.69, 9.17) is 15.3 Å². The van der Waals surface area contributed by atoms with Gasteiger partial charge >= 0.3 is 5.97 Å². The molecule has 0 amide bonds. The van der Waals surface area contributed by atoms with Gasteiger partial charge in [0.15, 0.2) is 0 Å². The zero-order valence-corrected chi connectivity index (χ0v) is 9.70. The van der Waals surface area contributed by atoms with Crippen molar-refractivity contribution in [1.29, 1.82) is 0 Å². The molecule has 0 fully saturated rings. The Morgan fingerprint density at radius 3 is 2.69 bits per heavy atom. The Kier molecular flexibility index (Phi) is 4.79. The highest BCUT2D eigenvalue weighted by atomic mass is 32.2. The smallest absolute Gasteiger partial charge is 0.335 e. The first-order valence-electron chi connectivity index (χ1n) is 4.80. The standard InChI is InChI=1S/C11H14O4S/c1-7-4-9(16-6-8(13)5-12)2-3-10(7)11(14)15/h2-4,8,12-13H,5-6H2,1H3,(H,14,15). The Labute approximate surface area is 97.9 Å². The van der Waals surface area contributed by atoms with Crippen LogP contribution in [0.5, 0.6) is 0 Å². The van der Waals surface area contributed by atoms with E-state index in [1.54, 1.807) is 25.1 Å². The summed E-state index contributed by atoms with van der Waals surface area (Å²) in [6, 6.07) is 5.01. The molecule has 0 aliphatic heterocycles. The topological polar surface area (TPSA) is 77.8 Å². The van der Waals surface area contributed by atoms with E-state index >= 15 is 0 Å². The summed E-state index contributed by atoms with van der Waals surface area (Å²) >= 11 is 1.38. The lowest BCUT2D eigenvalue weighted by atomic mass is 10.1. The fourth-order valence-corrected chi connectivity index (χ4v) is 2.13. The number of aliphatic hydroxyl groups is 2. The van der Waals surface area contributed by atoms with Gasteiger partial charge in [0.2, 0.25) is 0 Å². The van der Waals surface area contributed by atoms with Crippen molar-refractivity contribution in [3.63, 3.8) is 0 Å². The number of thioether (sulfide) groups is 1. The fourth-order valence-electron chi connectivity index (χ4n) is 1.21. The number of aliphatic hydroxyl groups excluding tert-OH is 2. The van der Waals surface area contributed by atoms with E-state index in [0.29, 0.717) is 11.3 Å². The number of carboxylic acid groups (broad SMARTS) is 1. The van der Waals surface area contributed by atoms with Crippen LogP contribution in [0.2, 0.25) is 0 Å². The third-order valence-electron chi connectivity index (χ3n) is 2.08. The van der Waals surface area contributed by atoms with E-state index in [-0.39, 0.29) is 12.2 Å². The molecule has 0 bridgehead atoms. The molecule has 0 saturated heterocycles. The highest BCUT2D eigenvalue weighted by Crippen LogP contribution is 2.22. The molecule has 0 spiro atoms. The van der Waals surface area contributed by atoms with Crippen molar-refractivity contribution >= 4 is 17.7 Å². The fraction of sp³-hybridized carbons (Fsp3) is 0.364. The maximum absolute atomic E-state index is 10.8. The molecule has 1 rings (SSSR count). The average Bonchev–Trinajstić information content (AvgIpc) is 2.25. The number of carbonyl (C=O) groups is 1. The highest BCUT2D eigenvalue weighted by molar-refractivity contribution is 7.99. The van der Waals surface area contributed by atoms with Gasteiger partial charge in [-0.15, -0.1) is 11.8 Å². The van der Waals surface area contributed by atoms with Crippen LogP contribution in [0.4, 0.5) is 0 Å². The van der Waals surface area contributed by atoms with Gasteiger partial charge in [-0.05, 0) is 30.7 Å². The minimum Gasteiger partial charge on any atom is -0.478 e. The molecule has 0 aliphatic rings. The summed E-state index contributed by atoms with van der Waals surface area (Å²) in [6.45, 7) is 1.47. The first-order valence-corrected chi connectivity index (χ1v) is 5.79. The Balaban J connectivity index is 2.70. The summed E-state index contributed by atoms with van der Waals surface area (Å²) in [6.07, 6.45) is -0.746. The van der Waals surface area contributed by atoms with Crippen molar-refractivity contribution in [2.75, 3.05) is 12.4 Å². The van der Waals surface area contributed by atoms with Crippen molar-refractivity contribution in [2.24, 2.45) is 0 Å². The Bertz CT molecular complexity index is 378. The Morgan fingerprint density at radius 2 is 2.19 bits per heavy atom. The van der Waals surface area contributed by atoms with Gasteiger partial charge in [0.05, 0.1) is 18.3 Å². The van der Waals surface area contributed by atoms with Crippen LogP contribution in [-0.2, 0) is 0 Å². The number of aryl methyl sites for hydroxylation is 1. The molecule has 1 aromatic carbocycles.